The highest BCUT2D eigenvalue weighted by Crippen LogP contribution is 2.43. The summed E-state index contributed by atoms with van der Waals surface area (Å²) in [6.07, 6.45) is -2.80. The van der Waals surface area contributed by atoms with E-state index in [1.54, 1.807) is 20.8 Å². The Morgan fingerprint density at radius 3 is 2.46 bits per heavy atom. The molecule has 8 heteroatoms. The Balaban J connectivity index is 2.21. The largest absolute Gasteiger partial charge is 0.417 e. The van der Waals surface area contributed by atoms with E-state index in [-0.39, 0.29) is 26.8 Å². The molecular formula is C16H18F3N3OS. The molecule has 1 aliphatic carbocycles. The number of rotatable bonds is 2. The molecule has 0 atom stereocenters. The zero-order valence-corrected chi connectivity index (χ0v) is 14.4. The molecule has 0 unspecified atom stereocenters. The van der Waals surface area contributed by atoms with E-state index < -0.39 is 23.1 Å². The van der Waals surface area contributed by atoms with Crippen molar-refractivity contribution in [1.82, 2.24) is 10.3 Å². The summed E-state index contributed by atoms with van der Waals surface area (Å²) in [4.78, 5) is 16.8. The smallest absolute Gasteiger partial charge is 0.397 e. The zero-order valence-electron chi connectivity index (χ0n) is 13.5. The number of hydrogen-bond donors (Lipinski definition) is 2. The molecular weight excluding hydrogens is 339 g/mol. The molecule has 4 nitrogen and oxygen atoms in total. The first kappa shape index (κ1) is 17.0. The summed E-state index contributed by atoms with van der Waals surface area (Å²) in [5.41, 5.74) is 4.69. The SMILES string of the molecule is CC(C)(C)c1cc(C(F)(F)F)c2c(N)c(C(=O)NC3CC3)sc2n1. The van der Waals surface area contributed by atoms with Crippen molar-refractivity contribution in [3.05, 3.63) is 22.2 Å². The minimum atomic E-state index is -4.57. The van der Waals surface area contributed by atoms with Gasteiger partial charge < -0.3 is 11.1 Å². The van der Waals surface area contributed by atoms with Crippen molar-refractivity contribution in [2.45, 2.75) is 51.2 Å². The van der Waals surface area contributed by atoms with E-state index in [1.807, 2.05) is 0 Å². The lowest BCUT2D eigenvalue weighted by atomic mass is 9.90. The maximum absolute atomic E-state index is 13.5. The van der Waals surface area contributed by atoms with Crippen LogP contribution >= 0.6 is 11.3 Å². The number of alkyl halides is 3. The predicted octanol–water partition coefficient (Wildman–Crippen LogP) is 4.09. The number of nitrogens with two attached hydrogens (primary N) is 1. The van der Waals surface area contributed by atoms with E-state index in [1.165, 1.54) is 0 Å². The lowest BCUT2D eigenvalue weighted by Gasteiger charge is -2.20. The van der Waals surface area contributed by atoms with E-state index >= 15 is 0 Å². The van der Waals surface area contributed by atoms with E-state index in [0.717, 1.165) is 30.2 Å². The third-order valence-corrected chi connectivity index (χ3v) is 4.99. The third-order valence-electron chi connectivity index (χ3n) is 3.89. The number of pyridine rings is 1. The summed E-state index contributed by atoms with van der Waals surface area (Å²) in [6.45, 7) is 5.37. The first-order valence-corrected chi connectivity index (χ1v) is 8.41. The molecule has 0 aliphatic heterocycles. The molecule has 130 valence electrons. The third kappa shape index (κ3) is 3.07. The van der Waals surface area contributed by atoms with Gasteiger partial charge in [0.2, 0.25) is 0 Å². The van der Waals surface area contributed by atoms with Gasteiger partial charge in [-0.15, -0.1) is 11.3 Å². The van der Waals surface area contributed by atoms with E-state index in [0.29, 0.717) is 5.69 Å². The summed E-state index contributed by atoms with van der Waals surface area (Å²) < 4.78 is 40.6. The van der Waals surface area contributed by atoms with E-state index in [9.17, 15) is 18.0 Å². The summed E-state index contributed by atoms with van der Waals surface area (Å²) in [6, 6.07) is 1.14. The van der Waals surface area contributed by atoms with Crippen molar-refractivity contribution in [2.24, 2.45) is 0 Å². The number of fused-ring (bicyclic) bond motifs is 1. The molecule has 0 bridgehead atoms. The fourth-order valence-corrected chi connectivity index (χ4v) is 3.40. The lowest BCUT2D eigenvalue weighted by Crippen LogP contribution is -2.25. The van der Waals surface area contributed by atoms with Crippen LogP contribution in [0.4, 0.5) is 18.9 Å². The highest BCUT2D eigenvalue weighted by molar-refractivity contribution is 7.21. The van der Waals surface area contributed by atoms with Gasteiger partial charge in [-0.05, 0) is 18.9 Å². The molecule has 1 fully saturated rings. The minimum Gasteiger partial charge on any atom is -0.397 e. The molecule has 1 saturated carbocycles. The van der Waals surface area contributed by atoms with Gasteiger partial charge in [-0.25, -0.2) is 4.98 Å². The maximum Gasteiger partial charge on any atom is 0.417 e. The van der Waals surface area contributed by atoms with Crippen LogP contribution < -0.4 is 11.1 Å². The van der Waals surface area contributed by atoms with Crippen LogP contribution in [0.2, 0.25) is 0 Å². The molecule has 2 aromatic heterocycles. The number of aromatic nitrogens is 1. The summed E-state index contributed by atoms with van der Waals surface area (Å²) in [5.74, 6) is -0.427. The number of amides is 1. The van der Waals surface area contributed by atoms with Crippen molar-refractivity contribution < 1.29 is 18.0 Å². The number of nitrogens with one attached hydrogen (secondary N) is 1. The molecule has 3 N–H and O–H groups in total. The second-order valence-corrected chi connectivity index (χ2v) is 8.07. The normalized spacial score (nSPS) is 15.8. The topological polar surface area (TPSA) is 68.0 Å². The van der Waals surface area contributed by atoms with E-state index in [4.69, 9.17) is 5.73 Å². The number of hydrogen-bond acceptors (Lipinski definition) is 4. The first-order valence-electron chi connectivity index (χ1n) is 7.60. The van der Waals surface area contributed by atoms with Crippen LogP contribution in [-0.2, 0) is 11.6 Å². The van der Waals surface area contributed by atoms with Gasteiger partial charge in [-0.2, -0.15) is 13.2 Å². The predicted molar refractivity (Wildman–Crippen MR) is 88.2 cm³/mol. The fraction of sp³-hybridized carbons (Fsp3) is 0.500. The summed E-state index contributed by atoms with van der Waals surface area (Å²) >= 11 is 0.914. The van der Waals surface area contributed by atoms with Crippen molar-refractivity contribution in [1.29, 1.82) is 0 Å². The standard InChI is InChI=1S/C16H18F3N3OS/c1-15(2,3)9-6-8(16(17,18)19)10-11(20)12(24-14(10)22-9)13(23)21-7-4-5-7/h6-7H,4-5,20H2,1-3H3,(H,21,23). The van der Waals surface area contributed by atoms with Gasteiger partial charge in [0.15, 0.2) is 0 Å². The number of nitrogens with zero attached hydrogens (tertiary/aromatic N) is 1. The Labute approximate surface area is 141 Å². The van der Waals surface area contributed by atoms with Crippen LogP contribution in [0.3, 0.4) is 0 Å². The maximum atomic E-state index is 13.5. The van der Waals surface area contributed by atoms with Crippen LogP contribution in [0, 0.1) is 0 Å². The van der Waals surface area contributed by atoms with Crippen LogP contribution in [-0.4, -0.2) is 16.9 Å². The zero-order chi connectivity index (χ0) is 17.9. The highest BCUT2D eigenvalue weighted by Gasteiger charge is 2.37. The van der Waals surface area contributed by atoms with Gasteiger partial charge >= 0.3 is 6.18 Å². The van der Waals surface area contributed by atoms with Gasteiger partial charge in [0.25, 0.3) is 5.91 Å². The van der Waals surface area contributed by atoms with Crippen molar-refractivity contribution in [2.75, 3.05) is 5.73 Å². The van der Waals surface area contributed by atoms with Gasteiger partial charge in [-0.3, -0.25) is 4.79 Å². The average Bonchev–Trinajstić information content (AvgIpc) is 3.18. The quantitative estimate of drug-likeness (QED) is 0.851. The van der Waals surface area contributed by atoms with Gasteiger partial charge in [0.1, 0.15) is 9.71 Å². The molecule has 24 heavy (non-hydrogen) atoms. The summed E-state index contributed by atoms with van der Waals surface area (Å²) in [7, 11) is 0. The molecule has 3 rings (SSSR count). The Morgan fingerprint density at radius 1 is 1.33 bits per heavy atom. The molecule has 1 aliphatic rings. The molecule has 0 aromatic carbocycles. The number of anilines is 1. The Kier molecular flexibility index (Phi) is 3.78. The van der Waals surface area contributed by atoms with Crippen LogP contribution in [0.25, 0.3) is 10.2 Å². The number of carbonyl (C=O) groups is 1. The van der Waals surface area contributed by atoms with E-state index in [2.05, 4.69) is 10.3 Å². The molecule has 2 heterocycles. The second-order valence-electron chi connectivity index (χ2n) is 7.08. The average molecular weight is 357 g/mol. The van der Waals surface area contributed by atoms with Gasteiger partial charge in [0, 0.05) is 22.5 Å². The first-order chi connectivity index (χ1) is 11.0. The Bertz CT molecular complexity index is 817. The fourth-order valence-electron chi connectivity index (χ4n) is 2.38. The number of halogens is 3. The van der Waals surface area contributed by atoms with Gasteiger partial charge in [-0.1, -0.05) is 20.8 Å². The van der Waals surface area contributed by atoms with Crippen molar-refractivity contribution >= 4 is 33.1 Å². The molecule has 1 amide bonds. The van der Waals surface area contributed by atoms with Gasteiger partial charge in [0.05, 0.1) is 11.3 Å². The Hall–Kier alpha value is -1.83. The van der Waals surface area contributed by atoms with Crippen molar-refractivity contribution in [3.63, 3.8) is 0 Å². The molecule has 0 saturated heterocycles. The van der Waals surface area contributed by atoms with Crippen molar-refractivity contribution in [3.8, 4) is 0 Å². The molecule has 0 radical (unpaired) electrons. The minimum absolute atomic E-state index is 0.0981. The van der Waals surface area contributed by atoms with Crippen LogP contribution in [0.1, 0.15) is 54.5 Å². The number of carbonyl (C=O) groups excluding carboxylic acids is 1. The highest BCUT2D eigenvalue weighted by atomic mass is 32.1. The van der Waals surface area contributed by atoms with Crippen LogP contribution in [0.5, 0.6) is 0 Å². The second kappa shape index (κ2) is 5.34. The number of thiophene rings is 1. The monoisotopic (exact) mass is 357 g/mol. The number of nitrogen functional groups attached to an aromatic ring is 1. The Morgan fingerprint density at radius 2 is 1.96 bits per heavy atom. The summed E-state index contributed by atoms with van der Waals surface area (Å²) in [5, 5.41) is 2.58. The van der Waals surface area contributed by atoms with Crippen LogP contribution in [0.15, 0.2) is 6.07 Å². The lowest BCUT2D eigenvalue weighted by molar-refractivity contribution is -0.136. The molecule has 2 aromatic rings. The molecule has 0 spiro atoms.